The second-order valence-electron chi connectivity index (χ2n) is 5.02. The second kappa shape index (κ2) is 5.15. The lowest BCUT2D eigenvalue weighted by molar-refractivity contribution is 0.0343. The Morgan fingerprint density at radius 3 is 2.89 bits per heavy atom. The predicted molar refractivity (Wildman–Crippen MR) is 74.4 cm³/mol. The quantitative estimate of drug-likeness (QED) is 0.858. The van der Waals surface area contributed by atoms with Crippen molar-refractivity contribution in [1.29, 1.82) is 0 Å². The van der Waals surface area contributed by atoms with Crippen LogP contribution in [0.4, 0.5) is 0 Å². The minimum Gasteiger partial charge on any atom is -0.379 e. The number of benzene rings is 1. The summed E-state index contributed by atoms with van der Waals surface area (Å²) in [5.41, 5.74) is 3.11. The van der Waals surface area contributed by atoms with E-state index in [1.165, 1.54) is 5.56 Å². The number of nitrogens with one attached hydrogen (secondary N) is 1. The molecule has 0 aliphatic carbocycles. The summed E-state index contributed by atoms with van der Waals surface area (Å²) in [6, 6.07) is 5.85. The molecule has 1 aliphatic heterocycles. The Kier molecular flexibility index (Phi) is 3.36. The van der Waals surface area contributed by atoms with Crippen molar-refractivity contribution in [2.24, 2.45) is 0 Å². The van der Waals surface area contributed by atoms with E-state index >= 15 is 0 Å². The van der Waals surface area contributed by atoms with Crippen molar-refractivity contribution in [2.75, 3.05) is 26.3 Å². The van der Waals surface area contributed by atoms with Crippen molar-refractivity contribution >= 4 is 16.7 Å². The predicted octanol–water partition coefficient (Wildman–Crippen LogP) is 2.20. The number of carbonyl (C=O) groups is 1. The summed E-state index contributed by atoms with van der Waals surface area (Å²) in [4.78, 5) is 17.1. The Balaban J connectivity index is 1.89. The molecule has 1 saturated heterocycles. The van der Waals surface area contributed by atoms with Gasteiger partial charge in [0.25, 0.3) is 0 Å². The van der Waals surface area contributed by atoms with E-state index in [1.54, 1.807) is 6.92 Å². The number of hydrogen-bond acceptors (Lipinski definition) is 3. The molecule has 0 radical (unpaired) electrons. The number of ketones is 1. The number of Topliss-reactive ketones (excluding diaryl/α,β-unsaturated/α-hetero) is 1. The van der Waals surface area contributed by atoms with Crippen LogP contribution in [0, 0.1) is 0 Å². The molecule has 1 aromatic heterocycles. The van der Waals surface area contributed by atoms with Crippen molar-refractivity contribution in [3.8, 4) is 0 Å². The largest absolute Gasteiger partial charge is 0.379 e. The van der Waals surface area contributed by atoms with Crippen molar-refractivity contribution in [3.63, 3.8) is 0 Å². The zero-order valence-corrected chi connectivity index (χ0v) is 11.1. The molecule has 1 fully saturated rings. The lowest BCUT2D eigenvalue weighted by Crippen LogP contribution is -2.35. The van der Waals surface area contributed by atoms with E-state index in [0.29, 0.717) is 0 Å². The van der Waals surface area contributed by atoms with E-state index in [2.05, 4.69) is 9.88 Å². The van der Waals surface area contributed by atoms with Crippen LogP contribution in [0.15, 0.2) is 24.4 Å². The number of fused-ring (bicyclic) bond motifs is 1. The number of aromatic nitrogens is 1. The molecular weight excluding hydrogens is 240 g/mol. The Labute approximate surface area is 112 Å². The number of ether oxygens (including phenoxy) is 1. The van der Waals surface area contributed by atoms with Crippen LogP contribution < -0.4 is 0 Å². The molecule has 0 saturated carbocycles. The minimum atomic E-state index is 0.112. The van der Waals surface area contributed by atoms with E-state index in [-0.39, 0.29) is 5.78 Å². The smallest absolute Gasteiger partial charge is 0.159 e. The topological polar surface area (TPSA) is 45.3 Å². The summed E-state index contributed by atoms with van der Waals surface area (Å²) in [5, 5.41) is 1.15. The maximum Gasteiger partial charge on any atom is 0.159 e. The van der Waals surface area contributed by atoms with Crippen LogP contribution in [0.25, 0.3) is 10.9 Å². The van der Waals surface area contributed by atoms with Gasteiger partial charge in [-0.3, -0.25) is 9.69 Å². The summed E-state index contributed by atoms with van der Waals surface area (Å²) < 4.78 is 5.36. The lowest BCUT2D eigenvalue weighted by Gasteiger charge is -2.26. The van der Waals surface area contributed by atoms with Gasteiger partial charge in [-0.15, -0.1) is 0 Å². The molecule has 1 aromatic carbocycles. The zero-order chi connectivity index (χ0) is 13.2. The summed E-state index contributed by atoms with van der Waals surface area (Å²) >= 11 is 0. The Morgan fingerprint density at radius 1 is 1.37 bits per heavy atom. The first-order valence-corrected chi connectivity index (χ1v) is 6.65. The van der Waals surface area contributed by atoms with E-state index in [0.717, 1.165) is 49.3 Å². The van der Waals surface area contributed by atoms with Gasteiger partial charge in [0.15, 0.2) is 5.78 Å². The molecule has 0 atom stereocenters. The fraction of sp³-hybridized carbons (Fsp3) is 0.400. The number of rotatable bonds is 3. The van der Waals surface area contributed by atoms with Gasteiger partial charge < -0.3 is 9.72 Å². The van der Waals surface area contributed by atoms with E-state index in [9.17, 15) is 4.79 Å². The van der Waals surface area contributed by atoms with Crippen LogP contribution in [-0.2, 0) is 11.3 Å². The highest BCUT2D eigenvalue weighted by atomic mass is 16.5. The van der Waals surface area contributed by atoms with Crippen molar-refractivity contribution < 1.29 is 9.53 Å². The maximum absolute atomic E-state index is 11.5. The molecule has 19 heavy (non-hydrogen) atoms. The SMILES string of the molecule is CC(=O)c1ccc2[nH]cc(CN3CCOCC3)c2c1. The Bertz CT molecular complexity index is 597. The zero-order valence-electron chi connectivity index (χ0n) is 11.1. The fourth-order valence-electron chi connectivity index (χ4n) is 2.53. The molecule has 0 amide bonds. The molecule has 4 nitrogen and oxygen atoms in total. The van der Waals surface area contributed by atoms with Gasteiger partial charge in [-0.1, -0.05) is 0 Å². The van der Waals surface area contributed by atoms with Gasteiger partial charge in [-0.2, -0.15) is 0 Å². The number of aromatic amines is 1. The third kappa shape index (κ3) is 2.55. The summed E-state index contributed by atoms with van der Waals surface area (Å²) in [7, 11) is 0. The average Bonchev–Trinajstić information content (AvgIpc) is 2.82. The normalized spacial score (nSPS) is 16.9. The van der Waals surface area contributed by atoms with E-state index in [4.69, 9.17) is 4.74 Å². The third-order valence-electron chi connectivity index (χ3n) is 3.67. The maximum atomic E-state index is 11.5. The summed E-state index contributed by atoms with van der Waals surface area (Å²) in [5.74, 6) is 0.112. The number of H-pyrrole nitrogens is 1. The third-order valence-corrected chi connectivity index (χ3v) is 3.67. The van der Waals surface area contributed by atoms with Gasteiger partial charge in [0.1, 0.15) is 0 Å². The molecule has 1 aliphatic rings. The molecule has 0 unspecified atom stereocenters. The number of nitrogens with zero attached hydrogens (tertiary/aromatic N) is 1. The molecule has 2 heterocycles. The van der Waals surface area contributed by atoms with Gasteiger partial charge in [0.2, 0.25) is 0 Å². The minimum absolute atomic E-state index is 0.112. The number of morpholine rings is 1. The van der Waals surface area contributed by atoms with Crippen molar-refractivity contribution in [1.82, 2.24) is 9.88 Å². The standard InChI is InChI=1S/C15H18N2O2/c1-11(18)12-2-3-15-14(8-12)13(9-16-15)10-17-4-6-19-7-5-17/h2-3,8-9,16H,4-7,10H2,1H3. The fourth-order valence-corrected chi connectivity index (χ4v) is 2.53. The van der Waals surface area contributed by atoms with Gasteiger partial charge in [-0.25, -0.2) is 0 Å². The second-order valence-corrected chi connectivity index (χ2v) is 5.02. The van der Waals surface area contributed by atoms with Gasteiger partial charge in [0.05, 0.1) is 13.2 Å². The molecule has 1 N–H and O–H groups in total. The highest BCUT2D eigenvalue weighted by molar-refractivity contribution is 5.98. The van der Waals surface area contributed by atoms with Crippen LogP contribution in [0.1, 0.15) is 22.8 Å². The van der Waals surface area contributed by atoms with Crippen LogP contribution in [0.3, 0.4) is 0 Å². The molecular formula is C15H18N2O2. The molecule has 100 valence electrons. The first-order valence-electron chi connectivity index (χ1n) is 6.65. The van der Waals surface area contributed by atoms with Crippen LogP contribution in [0.5, 0.6) is 0 Å². The molecule has 2 aromatic rings. The van der Waals surface area contributed by atoms with Crippen LogP contribution >= 0.6 is 0 Å². The molecule has 3 rings (SSSR count). The first-order chi connectivity index (χ1) is 9.24. The molecule has 0 spiro atoms. The molecule has 0 bridgehead atoms. The Hall–Kier alpha value is -1.65. The van der Waals surface area contributed by atoms with Crippen LogP contribution in [-0.4, -0.2) is 42.0 Å². The number of hydrogen-bond donors (Lipinski definition) is 1. The summed E-state index contributed by atoms with van der Waals surface area (Å²) in [6.07, 6.45) is 2.05. The van der Waals surface area contributed by atoms with E-state index in [1.807, 2.05) is 24.4 Å². The van der Waals surface area contributed by atoms with Gasteiger partial charge in [-0.05, 0) is 30.7 Å². The van der Waals surface area contributed by atoms with Crippen molar-refractivity contribution in [3.05, 3.63) is 35.5 Å². The van der Waals surface area contributed by atoms with Gasteiger partial charge >= 0.3 is 0 Å². The highest BCUT2D eigenvalue weighted by Gasteiger charge is 2.13. The highest BCUT2D eigenvalue weighted by Crippen LogP contribution is 2.22. The monoisotopic (exact) mass is 258 g/mol. The molecule has 4 heteroatoms. The summed E-state index contributed by atoms with van der Waals surface area (Å²) in [6.45, 7) is 6.07. The van der Waals surface area contributed by atoms with Gasteiger partial charge in [0, 0.05) is 42.3 Å². The average molecular weight is 258 g/mol. The Morgan fingerprint density at radius 2 is 2.16 bits per heavy atom. The van der Waals surface area contributed by atoms with Crippen molar-refractivity contribution in [2.45, 2.75) is 13.5 Å². The lowest BCUT2D eigenvalue weighted by atomic mass is 10.1. The van der Waals surface area contributed by atoms with E-state index < -0.39 is 0 Å². The first kappa shape index (κ1) is 12.4. The van der Waals surface area contributed by atoms with Crippen LogP contribution in [0.2, 0.25) is 0 Å². The number of carbonyl (C=O) groups excluding carboxylic acids is 1.